The highest BCUT2D eigenvalue weighted by Gasteiger charge is 2.31. The SMILES string of the molecule is COC(=O)CCCC#Cc1cc(C(F)(F)F)ccc1NS(=O)(=O)c1ccc2c(c1)CCO2.O=S(=O)(Cl)c1ccc2c(c1)CCO2. The molecule has 2 aliphatic rings. The van der Waals surface area contributed by atoms with Gasteiger partial charge in [-0.3, -0.25) is 9.52 Å². The fourth-order valence-electron chi connectivity index (χ4n) is 4.34. The van der Waals surface area contributed by atoms with Crippen molar-refractivity contribution >= 4 is 41.4 Å². The van der Waals surface area contributed by atoms with Crippen LogP contribution in [0.2, 0.25) is 0 Å². The van der Waals surface area contributed by atoms with Crippen LogP contribution in [0.5, 0.6) is 11.5 Å². The largest absolute Gasteiger partial charge is 0.493 e. The fraction of sp³-hybridized carbons (Fsp3) is 0.300. The quantitative estimate of drug-likeness (QED) is 0.146. The number of alkyl halides is 3. The predicted molar refractivity (Wildman–Crippen MR) is 159 cm³/mol. The number of unbranched alkanes of at least 4 members (excludes halogenated alkanes) is 1. The zero-order valence-corrected chi connectivity index (χ0v) is 26.1. The lowest BCUT2D eigenvalue weighted by Crippen LogP contribution is -2.15. The van der Waals surface area contributed by atoms with Crippen LogP contribution >= 0.6 is 10.7 Å². The normalized spacial score (nSPS) is 13.5. The summed E-state index contributed by atoms with van der Waals surface area (Å²) in [6, 6.07) is 11.7. The molecule has 0 unspecified atom stereocenters. The van der Waals surface area contributed by atoms with Gasteiger partial charge in [0, 0.05) is 41.9 Å². The van der Waals surface area contributed by atoms with Crippen LogP contribution < -0.4 is 14.2 Å². The van der Waals surface area contributed by atoms with E-state index in [0.29, 0.717) is 31.8 Å². The number of benzene rings is 3. The molecule has 0 fully saturated rings. The number of sulfonamides is 1. The first-order valence-electron chi connectivity index (χ1n) is 13.4. The van der Waals surface area contributed by atoms with Crippen LogP contribution in [0.3, 0.4) is 0 Å². The van der Waals surface area contributed by atoms with Gasteiger partial charge < -0.3 is 14.2 Å². The summed E-state index contributed by atoms with van der Waals surface area (Å²) in [6.07, 6.45) is -2.59. The number of carbonyl (C=O) groups excluding carboxylic acids is 1. The summed E-state index contributed by atoms with van der Waals surface area (Å²) in [6.45, 7) is 1.07. The van der Waals surface area contributed by atoms with E-state index in [2.05, 4.69) is 21.3 Å². The van der Waals surface area contributed by atoms with Gasteiger partial charge in [-0.05, 0) is 72.1 Å². The Labute approximate surface area is 263 Å². The van der Waals surface area contributed by atoms with Gasteiger partial charge in [-0.15, -0.1) is 0 Å². The fourth-order valence-corrected chi connectivity index (χ4v) is 6.27. The highest BCUT2D eigenvalue weighted by Crippen LogP contribution is 2.33. The second-order valence-electron chi connectivity index (χ2n) is 9.77. The van der Waals surface area contributed by atoms with Gasteiger partial charge in [0.1, 0.15) is 11.5 Å². The summed E-state index contributed by atoms with van der Waals surface area (Å²) in [5.74, 6) is 6.21. The summed E-state index contributed by atoms with van der Waals surface area (Å²) < 4.78 is 104. The number of nitrogens with one attached hydrogen (secondary N) is 1. The first-order chi connectivity index (χ1) is 21.2. The molecule has 1 N–H and O–H groups in total. The zero-order valence-electron chi connectivity index (χ0n) is 23.7. The second-order valence-corrected chi connectivity index (χ2v) is 14.0. The molecular weight excluding hydrogens is 659 g/mol. The number of hydrogen-bond donors (Lipinski definition) is 1. The Morgan fingerprint density at radius 3 is 2.11 bits per heavy atom. The number of esters is 1. The van der Waals surface area contributed by atoms with Crippen molar-refractivity contribution < 1.29 is 49.0 Å². The van der Waals surface area contributed by atoms with E-state index in [0.717, 1.165) is 41.5 Å². The number of methoxy groups -OCH3 is 1. The Kier molecular flexibility index (Phi) is 10.6. The van der Waals surface area contributed by atoms with Crippen LogP contribution in [0.4, 0.5) is 18.9 Å². The number of ether oxygens (including phenoxy) is 3. The minimum absolute atomic E-state index is 0.0290. The predicted octanol–water partition coefficient (Wildman–Crippen LogP) is 5.68. The van der Waals surface area contributed by atoms with Crippen LogP contribution in [0.15, 0.2) is 64.4 Å². The van der Waals surface area contributed by atoms with E-state index in [1.165, 1.54) is 25.3 Å². The molecule has 0 amide bonds. The second kappa shape index (κ2) is 14.0. The number of hydrogen-bond acceptors (Lipinski definition) is 8. The first-order valence-corrected chi connectivity index (χ1v) is 17.2. The lowest BCUT2D eigenvalue weighted by Gasteiger charge is -2.13. The summed E-state index contributed by atoms with van der Waals surface area (Å²) in [4.78, 5) is 11.2. The van der Waals surface area contributed by atoms with Crippen molar-refractivity contribution in [1.82, 2.24) is 0 Å². The molecule has 5 rings (SSSR count). The lowest BCUT2D eigenvalue weighted by molar-refractivity contribution is -0.140. The van der Waals surface area contributed by atoms with E-state index in [4.69, 9.17) is 20.2 Å². The van der Waals surface area contributed by atoms with Gasteiger partial charge in [-0.1, -0.05) is 11.8 Å². The smallest absolute Gasteiger partial charge is 0.416 e. The summed E-state index contributed by atoms with van der Waals surface area (Å²) in [5.41, 5.74) is 0.503. The Morgan fingerprint density at radius 1 is 0.933 bits per heavy atom. The molecule has 0 spiro atoms. The summed E-state index contributed by atoms with van der Waals surface area (Å²) in [7, 11) is -1.23. The zero-order chi connectivity index (χ0) is 32.8. The number of rotatable bonds is 7. The molecule has 45 heavy (non-hydrogen) atoms. The van der Waals surface area contributed by atoms with E-state index >= 15 is 0 Å². The van der Waals surface area contributed by atoms with Crippen molar-refractivity contribution in [3.8, 4) is 23.3 Å². The maximum absolute atomic E-state index is 13.2. The van der Waals surface area contributed by atoms with E-state index in [9.17, 15) is 34.8 Å². The topological polar surface area (TPSA) is 125 Å². The molecule has 3 aromatic carbocycles. The minimum atomic E-state index is -4.61. The highest BCUT2D eigenvalue weighted by molar-refractivity contribution is 8.13. The first kappa shape index (κ1) is 34.0. The van der Waals surface area contributed by atoms with Crippen molar-refractivity contribution in [2.75, 3.05) is 25.0 Å². The van der Waals surface area contributed by atoms with Gasteiger partial charge in [0.25, 0.3) is 19.1 Å². The molecule has 2 heterocycles. The molecule has 0 atom stereocenters. The van der Waals surface area contributed by atoms with Crippen LogP contribution in [0.25, 0.3) is 0 Å². The third kappa shape index (κ3) is 9.06. The van der Waals surface area contributed by atoms with Crippen molar-refractivity contribution in [2.24, 2.45) is 0 Å². The molecule has 15 heteroatoms. The van der Waals surface area contributed by atoms with E-state index < -0.39 is 36.8 Å². The molecule has 0 aromatic heterocycles. The van der Waals surface area contributed by atoms with Crippen LogP contribution in [0.1, 0.15) is 41.5 Å². The van der Waals surface area contributed by atoms with Gasteiger partial charge in [0.2, 0.25) is 0 Å². The molecule has 2 aliphatic heterocycles. The van der Waals surface area contributed by atoms with Crippen LogP contribution in [-0.2, 0) is 47.6 Å². The Morgan fingerprint density at radius 2 is 1.53 bits per heavy atom. The van der Waals surface area contributed by atoms with Crippen molar-refractivity contribution in [2.45, 2.75) is 48.1 Å². The minimum Gasteiger partial charge on any atom is -0.493 e. The molecule has 0 aliphatic carbocycles. The highest BCUT2D eigenvalue weighted by atomic mass is 35.7. The molecule has 9 nitrogen and oxygen atoms in total. The maximum atomic E-state index is 13.2. The van der Waals surface area contributed by atoms with Crippen LogP contribution in [0, 0.1) is 11.8 Å². The molecule has 0 saturated heterocycles. The van der Waals surface area contributed by atoms with Crippen molar-refractivity contribution in [3.63, 3.8) is 0 Å². The van der Waals surface area contributed by atoms with E-state index in [1.54, 1.807) is 18.2 Å². The number of anilines is 1. The molecule has 0 saturated carbocycles. The molecule has 240 valence electrons. The van der Waals surface area contributed by atoms with Crippen molar-refractivity contribution in [1.29, 1.82) is 0 Å². The molecule has 3 aromatic rings. The summed E-state index contributed by atoms with van der Waals surface area (Å²) >= 11 is 0. The van der Waals surface area contributed by atoms with Gasteiger partial charge >= 0.3 is 12.1 Å². The van der Waals surface area contributed by atoms with E-state index in [-0.39, 0.29) is 33.9 Å². The Bertz CT molecular complexity index is 1870. The molecule has 0 bridgehead atoms. The van der Waals surface area contributed by atoms with Gasteiger partial charge in [-0.2, -0.15) is 13.2 Å². The third-order valence-corrected chi connectivity index (χ3v) is 9.35. The van der Waals surface area contributed by atoms with Crippen molar-refractivity contribution in [3.05, 3.63) is 76.9 Å². The summed E-state index contributed by atoms with van der Waals surface area (Å²) in [5, 5.41) is 0. The third-order valence-electron chi connectivity index (χ3n) is 6.64. The number of fused-ring (bicyclic) bond motifs is 2. The average Bonchev–Trinajstić information content (AvgIpc) is 3.65. The number of carbonyl (C=O) groups is 1. The lowest BCUT2D eigenvalue weighted by atomic mass is 10.1. The monoisotopic (exact) mass is 685 g/mol. The molecule has 0 radical (unpaired) electrons. The Hall–Kier alpha value is -3.93. The average molecular weight is 686 g/mol. The van der Waals surface area contributed by atoms with Gasteiger partial charge in [0.05, 0.1) is 41.4 Å². The van der Waals surface area contributed by atoms with Gasteiger partial charge in [-0.25, -0.2) is 16.8 Å². The molecular formula is C30H27ClF3NO8S2. The number of halogens is 4. The standard InChI is InChI=1S/C22H20F3NO5S.C8H7ClO3S/c1-30-21(27)6-4-2-3-5-15-13-17(22(23,24)25)7-9-19(15)26-32(28,29)18-8-10-20-16(14-18)11-12-31-20;9-13(10,11)7-1-2-8-6(5-7)3-4-12-8/h7-10,13-14,26H,2,4,6,11-12H2,1H3;1-2,5H,3-4H2. The van der Waals surface area contributed by atoms with Gasteiger partial charge in [0.15, 0.2) is 0 Å². The maximum Gasteiger partial charge on any atom is 0.416 e. The Balaban J connectivity index is 0.000000293. The van der Waals surface area contributed by atoms with E-state index in [1.807, 2.05) is 0 Å². The van der Waals surface area contributed by atoms with Crippen LogP contribution in [-0.4, -0.2) is 43.1 Å².